The average molecular weight is 290 g/mol. The summed E-state index contributed by atoms with van der Waals surface area (Å²) in [5.74, 6) is 0. The molecule has 1 aromatic heterocycles. The highest BCUT2D eigenvalue weighted by molar-refractivity contribution is 7.18. The van der Waals surface area contributed by atoms with Crippen molar-refractivity contribution in [3.05, 3.63) is 23.2 Å². The molecule has 20 heavy (non-hydrogen) atoms. The number of likely N-dealkylation sites (N-methyl/N-ethyl adjacent to an activating group) is 1. The third-order valence-electron chi connectivity index (χ3n) is 3.96. The second kappa shape index (κ2) is 6.08. The van der Waals surface area contributed by atoms with Crippen LogP contribution in [0.1, 0.15) is 11.9 Å². The lowest BCUT2D eigenvalue weighted by Crippen LogP contribution is -2.46. The van der Waals surface area contributed by atoms with Crippen molar-refractivity contribution in [1.82, 2.24) is 9.88 Å². The maximum atomic E-state index is 5.61. The molecule has 0 bridgehead atoms. The van der Waals surface area contributed by atoms with Gasteiger partial charge < -0.3 is 15.5 Å². The molecule has 2 heterocycles. The topological polar surface area (TPSA) is 45.4 Å². The summed E-state index contributed by atoms with van der Waals surface area (Å²) < 4.78 is 1.28. The zero-order valence-corrected chi connectivity index (χ0v) is 12.8. The maximum absolute atomic E-state index is 5.61. The SMILES string of the molecule is CCN1CCN(c2ccc3nc(CCN)sc3c2)CC1. The Morgan fingerprint density at radius 2 is 2.05 bits per heavy atom. The highest BCUT2D eigenvalue weighted by Gasteiger charge is 2.16. The fourth-order valence-corrected chi connectivity index (χ4v) is 3.73. The van der Waals surface area contributed by atoms with E-state index in [0.717, 1.165) is 49.7 Å². The van der Waals surface area contributed by atoms with Crippen molar-refractivity contribution in [2.24, 2.45) is 5.73 Å². The summed E-state index contributed by atoms with van der Waals surface area (Å²) in [6.07, 6.45) is 0.879. The molecule has 0 spiro atoms. The fraction of sp³-hybridized carbons (Fsp3) is 0.533. The zero-order valence-electron chi connectivity index (χ0n) is 12.0. The number of benzene rings is 1. The number of hydrogen-bond acceptors (Lipinski definition) is 5. The van der Waals surface area contributed by atoms with Crippen molar-refractivity contribution in [3.63, 3.8) is 0 Å². The van der Waals surface area contributed by atoms with E-state index in [2.05, 4.69) is 39.9 Å². The van der Waals surface area contributed by atoms with Gasteiger partial charge >= 0.3 is 0 Å². The molecule has 108 valence electrons. The summed E-state index contributed by atoms with van der Waals surface area (Å²) in [7, 11) is 0. The van der Waals surface area contributed by atoms with Crippen LogP contribution in [0.25, 0.3) is 10.2 Å². The van der Waals surface area contributed by atoms with E-state index in [0.29, 0.717) is 6.54 Å². The van der Waals surface area contributed by atoms with Gasteiger partial charge in [-0.2, -0.15) is 0 Å². The van der Waals surface area contributed by atoms with Gasteiger partial charge in [0.15, 0.2) is 0 Å². The number of nitrogens with zero attached hydrogens (tertiary/aromatic N) is 3. The third-order valence-corrected chi connectivity index (χ3v) is 5.04. The molecular weight excluding hydrogens is 268 g/mol. The van der Waals surface area contributed by atoms with Crippen LogP contribution in [0, 0.1) is 0 Å². The predicted octanol–water partition coefficient (Wildman–Crippen LogP) is 1.94. The molecule has 4 nitrogen and oxygen atoms in total. The number of hydrogen-bond donors (Lipinski definition) is 1. The van der Waals surface area contributed by atoms with Gasteiger partial charge in [0.2, 0.25) is 0 Å². The fourth-order valence-electron chi connectivity index (χ4n) is 2.71. The van der Waals surface area contributed by atoms with Gasteiger partial charge in [0, 0.05) is 38.3 Å². The minimum atomic E-state index is 0.672. The Balaban J connectivity index is 1.78. The molecule has 5 heteroatoms. The van der Waals surface area contributed by atoms with E-state index in [1.807, 2.05) is 0 Å². The van der Waals surface area contributed by atoms with E-state index in [4.69, 9.17) is 5.73 Å². The number of anilines is 1. The van der Waals surface area contributed by atoms with E-state index in [9.17, 15) is 0 Å². The Bertz CT molecular complexity index is 572. The molecule has 1 aromatic carbocycles. The molecule has 0 aliphatic carbocycles. The first-order valence-corrected chi connectivity index (χ1v) is 8.18. The van der Waals surface area contributed by atoms with Gasteiger partial charge in [0.05, 0.1) is 15.2 Å². The van der Waals surface area contributed by atoms with E-state index >= 15 is 0 Å². The van der Waals surface area contributed by atoms with Crippen LogP contribution in [0.4, 0.5) is 5.69 Å². The molecule has 0 amide bonds. The first-order chi connectivity index (χ1) is 9.80. The molecule has 0 unspecified atom stereocenters. The Hall–Kier alpha value is -1.17. The molecule has 1 aliphatic rings. The lowest BCUT2D eigenvalue weighted by atomic mass is 10.2. The van der Waals surface area contributed by atoms with Crippen molar-refractivity contribution in [2.75, 3.05) is 44.2 Å². The quantitative estimate of drug-likeness (QED) is 0.935. The monoisotopic (exact) mass is 290 g/mol. The van der Waals surface area contributed by atoms with Gasteiger partial charge in [-0.1, -0.05) is 6.92 Å². The Morgan fingerprint density at radius 3 is 2.75 bits per heavy atom. The van der Waals surface area contributed by atoms with Gasteiger partial charge in [-0.15, -0.1) is 11.3 Å². The van der Waals surface area contributed by atoms with Crippen molar-refractivity contribution in [3.8, 4) is 0 Å². The van der Waals surface area contributed by atoms with Crippen LogP contribution in [-0.4, -0.2) is 49.2 Å². The first-order valence-electron chi connectivity index (χ1n) is 7.37. The molecule has 2 aromatic rings. The molecule has 1 saturated heterocycles. The Kier molecular flexibility index (Phi) is 4.19. The summed E-state index contributed by atoms with van der Waals surface area (Å²) in [4.78, 5) is 9.61. The van der Waals surface area contributed by atoms with Crippen molar-refractivity contribution in [1.29, 1.82) is 0 Å². The zero-order chi connectivity index (χ0) is 13.9. The second-order valence-corrected chi connectivity index (χ2v) is 6.33. The number of fused-ring (bicyclic) bond motifs is 1. The van der Waals surface area contributed by atoms with Crippen LogP contribution in [0.5, 0.6) is 0 Å². The van der Waals surface area contributed by atoms with E-state index < -0.39 is 0 Å². The van der Waals surface area contributed by atoms with Crippen molar-refractivity contribution >= 4 is 27.2 Å². The third kappa shape index (κ3) is 2.80. The molecule has 0 radical (unpaired) electrons. The lowest BCUT2D eigenvalue weighted by molar-refractivity contribution is 0.271. The Labute approximate surface area is 124 Å². The van der Waals surface area contributed by atoms with Crippen LogP contribution >= 0.6 is 11.3 Å². The van der Waals surface area contributed by atoms with Gasteiger partial charge in [0.25, 0.3) is 0 Å². The smallest absolute Gasteiger partial charge is 0.0951 e. The second-order valence-electron chi connectivity index (χ2n) is 5.22. The van der Waals surface area contributed by atoms with Crippen LogP contribution in [0.15, 0.2) is 18.2 Å². The molecule has 1 fully saturated rings. The molecular formula is C15H22N4S. The molecule has 3 rings (SSSR count). The molecule has 0 atom stereocenters. The number of nitrogens with two attached hydrogens (primary N) is 1. The van der Waals surface area contributed by atoms with Gasteiger partial charge in [-0.25, -0.2) is 4.98 Å². The number of aromatic nitrogens is 1. The number of thiazole rings is 1. The summed E-state index contributed by atoms with van der Waals surface area (Å²) in [5, 5.41) is 1.15. The van der Waals surface area contributed by atoms with E-state index in [-0.39, 0.29) is 0 Å². The van der Waals surface area contributed by atoms with Crippen LogP contribution in [0.3, 0.4) is 0 Å². The van der Waals surface area contributed by atoms with Gasteiger partial charge in [0.1, 0.15) is 0 Å². The largest absolute Gasteiger partial charge is 0.369 e. The summed E-state index contributed by atoms with van der Waals surface area (Å²) >= 11 is 1.78. The predicted molar refractivity (Wildman–Crippen MR) is 86.7 cm³/mol. The van der Waals surface area contributed by atoms with Crippen LogP contribution < -0.4 is 10.6 Å². The number of piperazine rings is 1. The number of rotatable bonds is 4. The van der Waals surface area contributed by atoms with Gasteiger partial charge in [-0.3, -0.25) is 0 Å². The van der Waals surface area contributed by atoms with Crippen LogP contribution in [-0.2, 0) is 6.42 Å². The van der Waals surface area contributed by atoms with Crippen LogP contribution in [0.2, 0.25) is 0 Å². The highest BCUT2D eigenvalue weighted by atomic mass is 32.1. The van der Waals surface area contributed by atoms with Crippen molar-refractivity contribution < 1.29 is 0 Å². The first kappa shape index (κ1) is 13.8. The van der Waals surface area contributed by atoms with Crippen molar-refractivity contribution in [2.45, 2.75) is 13.3 Å². The molecule has 1 aliphatic heterocycles. The molecule has 0 saturated carbocycles. The van der Waals surface area contributed by atoms with Gasteiger partial charge in [-0.05, 0) is 31.3 Å². The molecule has 2 N–H and O–H groups in total. The lowest BCUT2D eigenvalue weighted by Gasteiger charge is -2.35. The van der Waals surface area contributed by atoms with E-state index in [1.54, 1.807) is 11.3 Å². The average Bonchev–Trinajstić information content (AvgIpc) is 2.89. The van der Waals surface area contributed by atoms with E-state index in [1.165, 1.54) is 10.4 Å². The highest BCUT2D eigenvalue weighted by Crippen LogP contribution is 2.27. The summed E-state index contributed by atoms with van der Waals surface area (Å²) in [6, 6.07) is 6.64. The minimum absolute atomic E-state index is 0.672. The normalized spacial score (nSPS) is 17.0. The summed E-state index contributed by atoms with van der Waals surface area (Å²) in [6.45, 7) is 8.63. The maximum Gasteiger partial charge on any atom is 0.0951 e. The Morgan fingerprint density at radius 1 is 1.25 bits per heavy atom. The minimum Gasteiger partial charge on any atom is -0.369 e. The summed E-state index contributed by atoms with van der Waals surface area (Å²) in [5.41, 5.74) is 8.04. The standard InChI is InChI=1S/C15H22N4S/c1-2-18-7-9-19(10-8-18)12-3-4-13-14(11-12)20-15(17-13)5-6-16/h3-4,11H,2,5-10,16H2,1H3.